The maximum atomic E-state index is 12.9. The average Bonchev–Trinajstić information content (AvgIpc) is 3.10. The number of aryl methyl sites for hydroxylation is 2. The molecule has 0 fully saturated rings. The number of hydrogen-bond donors (Lipinski definition) is 1. The standard InChI is InChI=1S/C25H26N2O4S/c1-17-8-10-21(11-9-17)26-32(29,30)22-12-13-24(18(2)14-22)31-16-25(28)27-19(3)15-20-6-4-5-7-23(20)27/h4-14,19,26H,15-16H2,1-3H3. The lowest BCUT2D eigenvalue weighted by Gasteiger charge is -2.23. The molecule has 0 aromatic heterocycles. The minimum atomic E-state index is -3.73. The predicted octanol–water partition coefficient (Wildman–Crippen LogP) is 4.46. The lowest BCUT2D eigenvalue weighted by molar-refractivity contribution is -0.120. The maximum Gasteiger partial charge on any atom is 0.265 e. The molecule has 0 radical (unpaired) electrons. The van der Waals surface area contributed by atoms with Gasteiger partial charge in [-0.3, -0.25) is 9.52 Å². The molecular formula is C25H26N2O4S. The molecule has 0 saturated carbocycles. The third-order valence-corrected chi connectivity index (χ3v) is 6.97. The van der Waals surface area contributed by atoms with Gasteiger partial charge in [0.25, 0.3) is 15.9 Å². The van der Waals surface area contributed by atoms with Crippen LogP contribution in [-0.4, -0.2) is 27.0 Å². The van der Waals surface area contributed by atoms with Crippen LogP contribution < -0.4 is 14.4 Å². The van der Waals surface area contributed by atoms with E-state index >= 15 is 0 Å². The summed E-state index contributed by atoms with van der Waals surface area (Å²) < 4.78 is 33.8. The van der Waals surface area contributed by atoms with Gasteiger partial charge in [-0.05, 0) is 74.7 Å². The van der Waals surface area contributed by atoms with Crippen LogP contribution in [0.5, 0.6) is 5.75 Å². The summed E-state index contributed by atoms with van der Waals surface area (Å²) in [5.41, 5.74) is 4.26. The SMILES string of the molecule is Cc1ccc(NS(=O)(=O)c2ccc(OCC(=O)N3c4ccccc4CC3C)c(C)c2)cc1. The zero-order valence-corrected chi connectivity index (χ0v) is 19.1. The Hall–Kier alpha value is -3.32. The number of nitrogens with zero attached hydrogens (tertiary/aromatic N) is 1. The number of fused-ring (bicyclic) bond motifs is 1. The molecule has 0 spiro atoms. The van der Waals surface area contributed by atoms with E-state index in [1.165, 1.54) is 6.07 Å². The van der Waals surface area contributed by atoms with Crippen molar-refractivity contribution in [2.24, 2.45) is 0 Å². The fraction of sp³-hybridized carbons (Fsp3) is 0.240. The van der Waals surface area contributed by atoms with Gasteiger partial charge in [0.2, 0.25) is 0 Å². The van der Waals surface area contributed by atoms with Crippen LogP contribution in [0.4, 0.5) is 11.4 Å². The Morgan fingerprint density at radius 1 is 1.06 bits per heavy atom. The van der Waals surface area contributed by atoms with Gasteiger partial charge in [0, 0.05) is 17.4 Å². The van der Waals surface area contributed by atoms with Gasteiger partial charge in [-0.1, -0.05) is 35.9 Å². The zero-order valence-electron chi connectivity index (χ0n) is 18.3. The minimum absolute atomic E-state index is 0.0740. The lowest BCUT2D eigenvalue weighted by Crippen LogP contribution is -2.39. The summed E-state index contributed by atoms with van der Waals surface area (Å²) in [6.07, 6.45) is 0.821. The van der Waals surface area contributed by atoms with Gasteiger partial charge >= 0.3 is 0 Å². The van der Waals surface area contributed by atoms with Gasteiger partial charge in [0.15, 0.2) is 6.61 Å². The first kappa shape index (κ1) is 21.9. The van der Waals surface area contributed by atoms with E-state index in [9.17, 15) is 13.2 Å². The molecule has 0 bridgehead atoms. The average molecular weight is 451 g/mol. The predicted molar refractivity (Wildman–Crippen MR) is 126 cm³/mol. The smallest absolute Gasteiger partial charge is 0.265 e. The summed E-state index contributed by atoms with van der Waals surface area (Å²) in [4.78, 5) is 14.8. The summed E-state index contributed by atoms with van der Waals surface area (Å²) in [6, 6.07) is 19.7. The molecule has 4 rings (SSSR count). The first-order valence-corrected chi connectivity index (χ1v) is 12.0. The number of rotatable bonds is 6. The number of carbonyl (C=O) groups excluding carboxylic acids is 1. The van der Waals surface area contributed by atoms with Crippen LogP contribution in [0.15, 0.2) is 71.6 Å². The molecule has 32 heavy (non-hydrogen) atoms. The highest BCUT2D eigenvalue weighted by Crippen LogP contribution is 2.32. The van der Waals surface area contributed by atoms with Crippen molar-refractivity contribution >= 4 is 27.3 Å². The van der Waals surface area contributed by atoms with E-state index in [1.54, 1.807) is 36.1 Å². The fourth-order valence-corrected chi connectivity index (χ4v) is 5.08. The van der Waals surface area contributed by atoms with Crippen LogP contribution in [0.2, 0.25) is 0 Å². The van der Waals surface area contributed by atoms with Crippen LogP contribution in [0.3, 0.4) is 0 Å². The molecule has 3 aromatic carbocycles. The van der Waals surface area contributed by atoms with Gasteiger partial charge in [0.05, 0.1) is 4.90 Å². The van der Waals surface area contributed by atoms with Crippen molar-refractivity contribution < 1.29 is 17.9 Å². The molecule has 166 valence electrons. The van der Waals surface area contributed by atoms with E-state index < -0.39 is 10.0 Å². The van der Waals surface area contributed by atoms with E-state index in [0.717, 1.165) is 23.2 Å². The number of para-hydroxylation sites is 1. The minimum Gasteiger partial charge on any atom is -0.483 e. The molecule has 1 N–H and O–H groups in total. The molecule has 1 heterocycles. The highest BCUT2D eigenvalue weighted by atomic mass is 32.2. The molecule has 0 aliphatic carbocycles. The number of sulfonamides is 1. The lowest BCUT2D eigenvalue weighted by atomic mass is 10.1. The number of hydrogen-bond acceptors (Lipinski definition) is 4. The fourth-order valence-electron chi connectivity index (χ4n) is 3.94. The monoisotopic (exact) mass is 450 g/mol. The largest absolute Gasteiger partial charge is 0.483 e. The van der Waals surface area contributed by atoms with E-state index in [2.05, 4.69) is 4.72 Å². The van der Waals surface area contributed by atoms with E-state index in [4.69, 9.17) is 4.74 Å². The number of anilines is 2. The summed E-state index contributed by atoms with van der Waals surface area (Å²) in [6.45, 7) is 5.60. The molecule has 1 aliphatic heterocycles. The molecule has 6 nitrogen and oxygen atoms in total. The zero-order chi connectivity index (χ0) is 22.9. The van der Waals surface area contributed by atoms with Crippen LogP contribution >= 0.6 is 0 Å². The van der Waals surface area contributed by atoms with E-state index in [-0.39, 0.29) is 23.5 Å². The topological polar surface area (TPSA) is 75.7 Å². The summed E-state index contributed by atoms with van der Waals surface area (Å²) in [5.74, 6) is 0.354. The van der Waals surface area contributed by atoms with Crippen LogP contribution in [-0.2, 0) is 21.2 Å². The van der Waals surface area contributed by atoms with Crippen molar-refractivity contribution in [3.8, 4) is 5.75 Å². The Morgan fingerprint density at radius 3 is 2.50 bits per heavy atom. The van der Waals surface area contributed by atoms with Crippen LogP contribution in [0.25, 0.3) is 0 Å². The molecular weight excluding hydrogens is 424 g/mol. The molecule has 1 amide bonds. The summed E-state index contributed by atoms with van der Waals surface area (Å²) in [7, 11) is -3.73. The summed E-state index contributed by atoms with van der Waals surface area (Å²) >= 11 is 0. The highest BCUT2D eigenvalue weighted by Gasteiger charge is 2.30. The van der Waals surface area contributed by atoms with Gasteiger partial charge in [-0.2, -0.15) is 0 Å². The Labute approximate surface area is 188 Å². The third kappa shape index (κ3) is 4.48. The molecule has 1 atom stereocenters. The van der Waals surface area contributed by atoms with E-state index in [0.29, 0.717) is 17.0 Å². The van der Waals surface area contributed by atoms with E-state index in [1.807, 2.05) is 50.2 Å². The quantitative estimate of drug-likeness (QED) is 0.602. The maximum absolute atomic E-state index is 12.9. The number of ether oxygens (including phenoxy) is 1. The Morgan fingerprint density at radius 2 is 1.78 bits per heavy atom. The normalized spacial score (nSPS) is 15.3. The second-order valence-electron chi connectivity index (χ2n) is 8.13. The molecule has 1 unspecified atom stereocenters. The summed E-state index contributed by atoms with van der Waals surface area (Å²) in [5, 5.41) is 0. The second-order valence-corrected chi connectivity index (χ2v) is 9.82. The first-order chi connectivity index (χ1) is 15.2. The first-order valence-electron chi connectivity index (χ1n) is 10.5. The van der Waals surface area contributed by atoms with Gasteiger partial charge < -0.3 is 9.64 Å². The van der Waals surface area contributed by atoms with Crippen molar-refractivity contribution in [1.82, 2.24) is 0 Å². The third-order valence-electron chi connectivity index (χ3n) is 5.59. The van der Waals surface area contributed by atoms with Crippen LogP contribution in [0.1, 0.15) is 23.6 Å². The molecule has 7 heteroatoms. The van der Waals surface area contributed by atoms with Crippen molar-refractivity contribution in [2.45, 2.75) is 38.1 Å². The van der Waals surface area contributed by atoms with Crippen molar-refractivity contribution in [3.05, 3.63) is 83.4 Å². The Kier molecular flexibility index (Phi) is 5.93. The van der Waals surface area contributed by atoms with Gasteiger partial charge in [0.1, 0.15) is 5.75 Å². The van der Waals surface area contributed by atoms with Crippen molar-refractivity contribution in [3.63, 3.8) is 0 Å². The molecule has 1 aliphatic rings. The second kappa shape index (κ2) is 8.67. The van der Waals surface area contributed by atoms with Gasteiger partial charge in [-0.15, -0.1) is 0 Å². The van der Waals surface area contributed by atoms with Gasteiger partial charge in [-0.25, -0.2) is 8.42 Å². The number of nitrogens with one attached hydrogen (secondary N) is 1. The Balaban J connectivity index is 1.45. The highest BCUT2D eigenvalue weighted by molar-refractivity contribution is 7.92. The van der Waals surface area contributed by atoms with Crippen molar-refractivity contribution in [2.75, 3.05) is 16.2 Å². The van der Waals surface area contributed by atoms with Crippen LogP contribution in [0, 0.1) is 13.8 Å². The van der Waals surface area contributed by atoms with Crippen molar-refractivity contribution in [1.29, 1.82) is 0 Å². The number of amides is 1. The number of benzene rings is 3. The molecule has 3 aromatic rings. The Bertz CT molecular complexity index is 1250. The molecule has 0 saturated heterocycles. The number of carbonyl (C=O) groups is 1.